The van der Waals surface area contributed by atoms with E-state index in [4.69, 9.17) is 4.74 Å². The average molecular weight is 452 g/mol. The first kappa shape index (κ1) is 22.8. The van der Waals surface area contributed by atoms with Gasteiger partial charge in [0.05, 0.1) is 12.2 Å². The summed E-state index contributed by atoms with van der Waals surface area (Å²) < 4.78 is 32.9. The number of hydrogen-bond donors (Lipinski definition) is 0. The number of ether oxygens (including phenoxy) is 1. The van der Waals surface area contributed by atoms with E-state index >= 15 is 0 Å². The number of amides is 1. The van der Waals surface area contributed by atoms with Crippen LogP contribution in [0.25, 0.3) is 11.4 Å². The fraction of sp³-hybridized carbons (Fsp3) is 0.346. The molecule has 33 heavy (non-hydrogen) atoms. The number of aromatic nitrogens is 2. The molecule has 4 rings (SSSR count). The van der Waals surface area contributed by atoms with Gasteiger partial charge in [0.25, 0.3) is 5.91 Å². The molecule has 1 amide bonds. The fourth-order valence-corrected chi connectivity index (χ4v) is 4.55. The van der Waals surface area contributed by atoms with Crippen molar-refractivity contribution in [3.63, 3.8) is 0 Å². The molecule has 0 spiro atoms. The second-order valence-electron chi connectivity index (χ2n) is 8.38. The molecular formula is C26H27F2N3O2. The van der Waals surface area contributed by atoms with Crippen molar-refractivity contribution >= 4 is 5.91 Å². The van der Waals surface area contributed by atoms with Crippen molar-refractivity contribution in [2.75, 3.05) is 13.2 Å². The van der Waals surface area contributed by atoms with Crippen LogP contribution in [-0.2, 0) is 0 Å². The maximum absolute atomic E-state index is 14.0. The van der Waals surface area contributed by atoms with Crippen molar-refractivity contribution < 1.29 is 18.3 Å². The van der Waals surface area contributed by atoms with Crippen LogP contribution in [0.2, 0.25) is 0 Å². The van der Waals surface area contributed by atoms with Gasteiger partial charge in [-0.3, -0.25) is 4.79 Å². The fourth-order valence-electron chi connectivity index (χ4n) is 4.55. The standard InChI is InChI=1S/C26H27F2N3O2/c1-3-23-18(16-33-24-10-8-19(27)15-22(24)28)6-4-13-31(23)26(32)21-14-17(2)7-9-20(21)25-29-11-5-12-30-25/h5,7-12,14-15,18,23H,3-4,6,13,16H2,1-2H3/t18-,23?/m1/s1. The molecule has 7 heteroatoms. The van der Waals surface area contributed by atoms with E-state index in [0.29, 0.717) is 23.5 Å². The minimum absolute atomic E-state index is 0.0249. The second-order valence-corrected chi connectivity index (χ2v) is 8.38. The molecule has 1 saturated heterocycles. The number of likely N-dealkylation sites (tertiary alicyclic amines) is 1. The van der Waals surface area contributed by atoms with Crippen LogP contribution >= 0.6 is 0 Å². The van der Waals surface area contributed by atoms with Gasteiger partial charge in [-0.2, -0.15) is 0 Å². The number of piperidine rings is 1. The summed E-state index contributed by atoms with van der Waals surface area (Å²) in [5.74, 6) is -0.852. The highest BCUT2D eigenvalue weighted by Crippen LogP contribution is 2.31. The lowest BCUT2D eigenvalue weighted by atomic mass is 9.87. The van der Waals surface area contributed by atoms with E-state index in [1.807, 2.05) is 36.9 Å². The maximum Gasteiger partial charge on any atom is 0.254 e. The summed E-state index contributed by atoms with van der Waals surface area (Å²) in [4.78, 5) is 24.3. The number of rotatable bonds is 6. The molecule has 0 N–H and O–H groups in total. The Morgan fingerprint density at radius 1 is 1.15 bits per heavy atom. The lowest BCUT2D eigenvalue weighted by Crippen LogP contribution is -2.49. The van der Waals surface area contributed by atoms with E-state index < -0.39 is 11.6 Å². The summed E-state index contributed by atoms with van der Waals surface area (Å²) in [5.41, 5.74) is 2.26. The molecule has 0 aliphatic carbocycles. The van der Waals surface area contributed by atoms with Crippen molar-refractivity contribution in [3.8, 4) is 17.1 Å². The van der Waals surface area contributed by atoms with E-state index in [0.717, 1.165) is 30.9 Å². The summed E-state index contributed by atoms with van der Waals surface area (Å²) in [7, 11) is 0. The van der Waals surface area contributed by atoms with E-state index in [2.05, 4.69) is 9.97 Å². The number of hydrogen-bond acceptors (Lipinski definition) is 4. The molecule has 0 saturated carbocycles. The lowest BCUT2D eigenvalue weighted by Gasteiger charge is -2.41. The van der Waals surface area contributed by atoms with Crippen molar-refractivity contribution in [2.24, 2.45) is 5.92 Å². The Morgan fingerprint density at radius 2 is 1.94 bits per heavy atom. The monoisotopic (exact) mass is 451 g/mol. The van der Waals surface area contributed by atoms with Crippen LogP contribution in [0.1, 0.15) is 42.1 Å². The van der Waals surface area contributed by atoms with Crippen molar-refractivity contribution in [3.05, 3.63) is 77.6 Å². The molecule has 2 aromatic carbocycles. The molecule has 5 nitrogen and oxygen atoms in total. The first-order valence-electron chi connectivity index (χ1n) is 11.2. The highest BCUT2D eigenvalue weighted by Gasteiger charge is 2.35. The zero-order chi connectivity index (χ0) is 23.4. The predicted molar refractivity (Wildman–Crippen MR) is 122 cm³/mol. The van der Waals surface area contributed by atoms with Crippen molar-refractivity contribution in [1.29, 1.82) is 0 Å². The van der Waals surface area contributed by atoms with E-state index in [9.17, 15) is 13.6 Å². The number of halogens is 2. The minimum atomic E-state index is -0.723. The van der Waals surface area contributed by atoms with Gasteiger partial charge < -0.3 is 9.64 Å². The quantitative estimate of drug-likeness (QED) is 0.501. The largest absolute Gasteiger partial charge is 0.490 e. The van der Waals surface area contributed by atoms with Crippen LogP contribution in [0.3, 0.4) is 0 Å². The molecule has 1 aliphatic rings. The summed E-state index contributed by atoms with van der Waals surface area (Å²) in [6.45, 7) is 4.89. The van der Waals surface area contributed by atoms with Crippen LogP contribution in [-0.4, -0.2) is 40.0 Å². The highest BCUT2D eigenvalue weighted by molar-refractivity contribution is 6.00. The first-order valence-corrected chi connectivity index (χ1v) is 11.2. The summed E-state index contributed by atoms with van der Waals surface area (Å²) in [6, 6.07) is 10.7. The smallest absolute Gasteiger partial charge is 0.254 e. The number of carbonyl (C=O) groups excluding carboxylic acids is 1. The Bertz CT molecular complexity index is 1120. The third-order valence-electron chi connectivity index (χ3n) is 6.16. The number of nitrogens with zero attached hydrogens (tertiary/aromatic N) is 3. The topological polar surface area (TPSA) is 55.3 Å². The Morgan fingerprint density at radius 3 is 2.67 bits per heavy atom. The number of benzene rings is 2. The zero-order valence-corrected chi connectivity index (χ0v) is 18.8. The van der Waals surface area contributed by atoms with Gasteiger partial charge in [-0.1, -0.05) is 24.6 Å². The Labute approximate surface area is 192 Å². The highest BCUT2D eigenvalue weighted by atomic mass is 19.1. The van der Waals surface area contributed by atoms with Gasteiger partial charge in [-0.15, -0.1) is 0 Å². The number of aryl methyl sites for hydroxylation is 1. The van der Waals surface area contributed by atoms with Crippen LogP contribution in [0.5, 0.6) is 5.75 Å². The Hall–Kier alpha value is -3.35. The van der Waals surface area contributed by atoms with Gasteiger partial charge in [0.15, 0.2) is 17.4 Å². The maximum atomic E-state index is 14.0. The van der Waals surface area contributed by atoms with E-state index in [1.165, 1.54) is 12.1 Å². The summed E-state index contributed by atoms with van der Waals surface area (Å²) in [5, 5.41) is 0. The third kappa shape index (κ3) is 5.02. The molecule has 0 radical (unpaired) electrons. The van der Waals surface area contributed by atoms with Crippen LogP contribution in [0.15, 0.2) is 54.9 Å². The Kier molecular flexibility index (Phi) is 6.96. The average Bonchev–Trinajstić information content (AvgIpc) is 2.83. The number of carbonyl (C=O) groups is 1. The molecule has 0 bridgehead atoms. The molecular weight excluding hydrogens is 424 g/mol. The molecule has 1 aromatic heterocycles. The van der Waals surface area contributed by atoms with E-state index in [-0.39, 0.29) is 30.2 Å². The van der Waals surface area contributed by atoms with Crippen LogP contribution in [0, 0.1) is 24.5 Å². The molecule has 2 heterocycles. The van der Waals surface area contributed by atoms with Crippen LogP contribution < -0.4 is 4.74 Å². The second kappa shape index (κ2) is 10.1. The van der Waals surface area contributed by atoms with Gasteiger partial charge in [-0.25, -0.2) is 18.7 Å². The van der Waals surface area contributed by atoms with Gasteiger partial charge in [-0.05, 0) is 50.5 Å². The minimum Gasteiger partial charge on any atom is -0.490 e. The molecule has 172 valence electrons. The summed E-state index contributed by atoms with van der Waals surface area (Å²) in [6.07, 6.45) is 5.76. The predicted octanol–water partition coefficient (Wildman–Crippen LogP) is 5.44. The van der Waals surface area contributed by atoms with Gasteiger partial charge in [0, 0.05) is 42.5 Å². The molecule has 1 aliphatic heterocycles. The molecule has 1 unspecified atom stereocenters. The SMILES string of the molecule is CCC1[C@@H](COc2ccc(F)cc2F)CCCN1C(=O)c1cc(C)ccc1-c1ncccn1. The van der Waals surface area contributed by atoms with Crippen molar-refractivity contribution in [2.45, 2.75) is 39.2 Å². The molecule has 3 aromatic rings. The zero-order valence-electron chi connectivity index (χ0n) is 18.8. The summed E-state index contributed by atoms with van der Waals surface area (Å²) >= 11 is 0. The van der Waals surface area contributed by atoms with Crippen LogP contribution in [0.4, 0.5) is 8.78 Å². The van der Waals surface area contributed by atoms with Crippen molar-refractivity contribution in [1.82, 2.24) is 14.9 Å². The molecule has 1 fully saturated rings. The lowest BCUT2D eigenvalue weighted by molar-refractivity contribution is 0.0393. The van der Waals surface area contributed by atoms with E-state index in [1.54, 1.807) is 18.5 Å². The molecule has 2 atom stereocenters. The van der Waals surface area contributed by atoms with Gasteiger partial charge in [0.2, 0.25) is 0 Å². The first-order chi connectivity index (χ1) is 16.0. The third-order valence-corrected chi connectivity index (χ3v) is 6.16. The normalized spacial score (nSPS) is 18.2. The Balaban J connectivity index is 1.57. The van der Waals surface area contributed by atoms with Gasteiger partial charge >= 0.3 is 0 Å². The van der Waals surface area contributed by atoms with Gasteiger partial charge in [0.1, 0.15) is 5.82 Å².